The maximum absolute atomic E-state index is 12.1. The van der Waals surface area contributed by atoms with Gasteiger partial charge in [0.15, 0.2) is 6.04 Å². The summed E-state index contributed by atoms with van der Waals surface area (Å²) in [6, 6.07) is -2.25. The number of likely N-dealkylation sites (tertiary alicyclic amines) is 1. The van der Waals surface area contributed by atoms with Crippen molar-refractivity contribution in [2.24, 2.45) is 0 Å². The summed E-state index contributed by atoms with van der Waals surface area (Å²) < 4.78 is 0. The lowest BCUT2D eigenvalue weighted by atomic mass is 10.1. The predicted molar refractivity (Wildman–Crippen MR) is 76.0 cm³/mol. The van der Waals surface area contributed by atoms with E-state index in [4.69, 9.17) is 0 Å². The quantitative estimate of drug-likeness (QED) is 0.563. The Morgan fingerprint density at radius 1 is 1.14 bits per heavy atom. The summed E-state index contributed by atoms with van der Waals surface area (Å²) in [7, 11) is 0. The molecule has 112 valence electrons. The molecule has 2 aliphatic heterocycles. The van der Waals surface area contributed by atoms with Crippen molar-refractivity contribution in [3.05, 3.63) is 36.5 Å². The molecule has 0 bridgehead atoms. The topological polar surface area (TPSA) is 95.6 Å². The first-order valence-electron chi connectivity index (χ1n) is 6.43. The van der Waals surface area contributed by atoms with E-state index in [1.807, 2.05) is 24.5 Å². The van der Waals surface area contributed by atoms with Gasteiger partial charge in [-0.2, -0.15) is 0 Å². The van der Waals surface area contributed by atoms with Crippen LogP contribution in [0.1, 0.15) is 13.8 Å². The summed E-state index contributed by atoms with van der Waals surface area (Å²) in [4.78, 5) is 47.4. The summed E-state index contributed by atoms with van der Waals surface area (Å²) in [5.74, 6) is -2.14. The van der Waals surface area contributed by atoms with E-state index in [-0.39, 0.29) is 6.54 Å². The zero-order valence-corrected chi connectivity index (χ0v) is 11.9. The highest BCUT2D eigenvalue weighted by atomic mass is 16.2. The van der Waals surface area contributed by atoms with Gasteiger partial charge < -0.3 is 4.90 Å². The lowest BCUT2D eigenvalue weighted by Gasteiger charge is -2.27. The second-order valence-electron chi connectivity index (χ2n) is 4.06. The molecule has 5 amide bonds. The highest BCUT2D eigenvalue weighted by Gasteiger charge is 2.44. The number of carbonyl (C=O) groups is 4. The van der Waals surface area contributed by atoms with Crippen LogP contribution in [0.15, 0.2) is 36.5 Å². The van der Waals surface area contributed by atoms with E-state index in [0.29, 0.717) is 11.1 Å². The molecule has 7 nitrogen and oxygen atoms in total. The van der Waals surface area contributed by atoms with Crippen molar-refractivity contribution in [2.75, 3.05) is 6.54 Å². The van der Waals surface area contributed by atoms with E-state index < -0.39 is 29.8 Å². The van der Waals surface area contributed by atoms with Crippen molar-refractivity contribution in [3.8, 4) is 0 Å². The van der Waals surface area contributed by atoms with Gasteiger partial charge in [0.1, 0.15) is 0 Å². The molecular weight excluding hydrogens is 274 g/mol. The Labute approximate surface area is 122 Å². The molecule has 0 aromatic heterocycles. The first-order valence-corrected chi connectivity index (χ1v) is 6.43. The molecule has 2 heterocycles. The van der Waals surface area contributed by atoms with E-state index in [0.717, 1.165) is 4.90 Å². The molecule has 2 N–H and O–H groups in total. The molecule has 21 heavy (non-hydrogen) atoms. The van der Waals surface area contributed by atoms with Gasteiger partial charge in [0.2, 0.25) is 0 Å². The maximum Gasteiger partial charge on any atom is 0.328 e. The van der Waals surface area contributed by atoms with Crippen LogP contribution >= 0.6 is 0 Å². The van der Waals surface area contributed by atoms with Crippen molar-refractivity contribution >= 4 is 23.8 Å². The van der Waals surface area contributed by atoms with Crippen molar-refractivity contribution in [1.82, 2.24) is 15.5 Å². The fourth-order valence-electron chi connectivity index (χ4n) is 1.98. The second-order valence-corrected chi connectivity index (χ2v) is 4.06. The van der Waals surface area contributed by atoms with Crippen molar-refractivity contribution in [1.29, 1.82) is 0 Å². The molecule has 2 fully saturated rings. The summed E-state index contributed by atoms with van der Waals surface area (Å²) in [5, 5.41) is 3.89. The minimum atomic E-state index is -1.36. The number of barbiturate groups is 1. The van der Waals surface area contributed by atoms with Crippen LogP contribution in [0.3, 0.4) is 0 Å². The Hall–Kier alpha value is -2.70. The molecule has 7 heteroatoms. The third-order valence-electron chi connectivity index (χ3n) is 2.80. The number of amides is 5. The minimum absolute atomic E-state index is 0.0538. The Morgan fingerprint density at radius 3 is 2.14 bits per heavy atom. The number of allylic oxidation sites excluding steroid dienone is 2. The average molecular weight is 291 g/mol. The van der Waals surface area contributed by atoms with Crippen LogP contribution in [0.25, 0.3) is 0 Å². The minimum Gasteiger partial charge on any atom is -0.314 e. The van der Waals surface area contributed by atoms with Gasteiger partial charge in [0.05, 0.1) is 0 Å². The summed E-state index contributed by atoms with van der Waals surface area (Å²) >= 11 is 0. The fourth-order valence-corrected chi connectivity index (χ4v) is 1.98. The van der Waals surface area contributed by atoms with Crippen molar-refractivity contribution < 1.29 is 19.2 Å². The largest absolute Gasteiger partial charge is 0.328 e. The van der Waals surface area contributed by atoms with E-state index >= 15 is 0 Å². The van der Waals surface area contributed by atoms with Gasteiger partial charge in [-0.25, -0.2) is 4.79 Å². The van der Waals surface area contributed by atoms with Gasteiger partial charge in [-0.3, -0.25) is 25.0 Å². The molecule has 0 atom stereocenters. The van der Waals surface area contributed by atoms with Crippen LogP contribution in [-0.4, -0.2) is 41.2 Å². The third-order valence-corrected chi connectivity index (χ3v) is 2.80. The molecule has 0 aromatic carbocycles. The van der Waals surface area contributed by atoms with Gasteiger partial charge in [0, 0.05) is 12.1 Å². The monoisotopic (exact) mass is 291 g/mol. The van der Waals surface area contributed by atoms with Crippen molar-refractivity contribution in [2.45, 2.75) is 19.9 Å². The number of carbonyl (C=O) groups excluding carboxylic acids is 4. The number of urea groups is 1. The molecule has 2 saturated heterocycles. The lowest BCUT2D eigenvalue weighted by Crippen LogP contribution is -2.64. The van der Waals surface area contributed by atoms with Crippen LogP contribution in [0.5, 0.6) is 0 Å². The Morgan fingerprint density at radius 2 is 1.67 bits per heavy atom. The van der Waals surface area contributed by atoms with E-state index in [1.54, 1.807) is 0 Å². The Kier molecular flexibility index (Phi) is 5.18. The molecule has 0 saturated carbocycles. The van der Waals surface area contributed by atoms with Crippen LogP contribution in [-0.2, 0) is 14.4 Å². The van der Waals surface area contributed by atoms with Gasteiger partial charge >= 0.3 is 6.03 Å². The molecule has 0 spiro atoms. The molecule has 0 aromatic rings. The van der Waals surface area contributed by atoms with Crippen LogP contribution in [0.4, 0.5) is 4.79 Å². The average Bonchev–Trinajstić information content (AvgIpc) is 2.69. The van der Waals surface area contributed by atoms with Crippen LogP contribution in [0.2, 0.25) is 0 Å². The third kappa shape index (κ3) is 3.07. The van der Waals surface area contributed by atoms with E-state index in [9.17, 15) is 19.2 Å². The normalized spacial score (nSPS) is 21.0. The van der Waals surface area contributed by atoms with Gasteiger partial charge in [-0.1, -0.05) is 33.1 Å². The molecular formula is C14H17N3O4. The molecule has 2 rings (SSSR count). The number of hydrogen-bond acceptors (Lipinski definition) is 4. The Balaban J connectivity index is 0.00000106. The molecule has 2 aliphatic rings. The Bertz CT molecular complexity index is 543. The van der Waals surface area contributed by atoms with Gasteiger partial charge in [0.25, 0.3) is 17.7 Å². The number of imide groups is 2. The molecule has 0 unspecified atom stereocenters. The summed E-state index contributed by atoms with van der Waals surface area (Å²) in [6.07, 6.45) is 2.89. The van der Waals surface area contributed by atoms with Gasteiger partial charge in [-0.05, 0) is 11.6 Å². The smallest absolute Gasteiger partial charge is 0.314 e. The number of rotatable bonds is 2. The fraction of sp³-hybridized carbons (Fsp3) is 0.286. The summed E-state index contributed by atoms with van der Waals surface area (Å²) in [5.41, 5.74) is 0.787. The number of hydrogen-bond donors (Lipinski definition) is 2. The highest BCUT2D eigenvalue weighted by Crippen LogP contribution is 2.24. The lowest BCUT2D eigenvalue weighted by molar-refractivity contribution is -0.144. The highest BCUT2D eigenvalue weighted by molar-refractivity contribution is 6.21. The first kappa shape index (κ1) is 16.4. The van der Waals surface area contributed by atoms with Gasteiger partial charge in [-0.15, -0.1) is 0 Å². The van der Waals surface area contributed by atoms with Crippen molar-refractivity contribution in [3.63, 3.8) is 0 Å². The van der Waals surface area contributed by atoms with Crippen LogP contribution in [0, 0.1) is 0 Å². The number of nitrogens with zero attached hydrogens (tertiary/aromatic N) is 1. The van der Waals surface area contributed by atoms with Crippen LogP contribution < -0.4 is 10.6 Å². The zero-order chi connectivity index (χ0) is 16.2. The predicted octanol–water partition coefficient (Wildman–Crippen LogP) is 0.258. The standard InChI is InChI=1S/C12H11N3O4.C2H6/c1-3-4-7-6(2)5-15(11(7)18)8-9(16)13-12(19)14-10(8)17;1-2/h3-4,8H,1-2,5H2,(H2,13,14,16,17,19);1-2H3/b7-4+;. The zero-order valence-electron chi connectivity index (χ0n) is 11.9. The maximum atomic E-state index is 12.1. The first-order chi connectivity index (χ1) is 9.95. The molecule has 0 radical (unpaired) electrons. The SMILES string of the molecule is C=C/C=C1\C(=C)CN(C2C(=O)NC(=O)NC2=O)C1=O.CC. The second kappa shape index (κ2) is 6.65. The summed E-state index contributed by atoms with van der Waals surface area (Å²) in [6.45, 7) is 11.2. The van der Waals surface area contributed by atoms with E-state index in [1.165, 1.54) is 12.2 Å². The molecule has 0 aliphatic carbocycles. The van der Waals surface area contributed by atoms with E-state index in [2.05, 4.69) is 13.2 Å². The number of nitrogens with one attached hydrogen (secondary N) is 2.